The van der Waals surface area contributed by atoms with Gasteiger partial charge in [-0.2, -0.15) is 0 Å². The highest BCUT2D eigenvalue weighted by molar-refractivity contribution is 5.90. The third-order valence-electron chi connectivity index (χ3n) is 2.07. The zero-order valence-electron chi connectivity index (χ0n) is 9.33. The molecule has 15 heavy (non-hydrogen) atoms. The summed E-state index contributed by atoms with van der Waals surface area (Å²) in [5.74, 6) is 0.448. The number of nitrogens with one attached hydrogen (secondary N) is 1. The van der Waals surface area contributed by atoms with Crippen molar-refractivity contribution in [2.45, 2.75) is 20.3 Å². The Hall–Kier alpha value is -1.58. The zero-order valence-corrected chi connectivity index (χ0v) is 9.33. The van der Waals surface area contributed by atoms with E-state index in [0.29, 0.717) is 5.56 Å². The van der Waals surface area contributed by atoms with E-state index < -0.39 is 0 Å². The average Bonchev–Trinajstić information content (AvgIpc) is 2.25. The summed E-state index contributed by atoms with van der Waals surface area (Å²) in [4.78, 5) is 15.4. The van der Waals surface area contributed by atoms with Crippen LogP contribution in [-0.4, -0.2) is 24.6 Å². The fraction of sp³-hybridized carbons (Fsp3) is 0.455. The lowest BCUT2D eigenvalue weighted by Crippen LogP contribution is -2.07. The maximum absolute atomic E-state index is 11.3. The minimum absolute atomic E-state index is 0.345. The summed E-state index contributed by atoms with van der Waals surface area (Å²) < 4.78 is 4.64. The highest BCUT2D eigenvalue weighted by atomic mass is 16.5. The quantitative estimate of drug-likeness (QED) is 0.769. The molecule has 1 N–H and O–H groups in total. The van der Waals surface area contributed by atoms with Crippen LogP contribution in [0.2, 0.25) is 0 Å². The van der Waals surface area contributed by atoms with Crippen LogP contribution in [0.25, 0.3) is 0 Å². The summed E-state index contributed by atoms with van der Waals surface area (Å²) in [5, 5.41) is 3.16. The number of ether oxygens (including phenoxy) is 1. The van der Waals surface area contributed by atoms with E-state index in [1.807, 2.05) is 13.0 Å². The molecule has 0 saturated carbocycles. The second kappa shape index (κ2) is 5.34. The van der Waals surface area contributed by atoms with Gasteiger partial charge in [0.05, 0.1) is 12.7 Å². The van der Waals surface area contributed by atoms with E-state index in [2.05, 4.69) is 22.0 Å². The van der Waals surface area contributed by atoms with Crippen LogP contribution >= 0.6 is 0 Å². The number of nitrogens with zero attached hydrogens (tertiary/aromatic N) is 1. The first-order valence-electron chi connectivity index (χ1n) is 4.97. The molecule has 1 heterocycles. The largest absolute Gasteiger partial charge is 0.465 e. The van der Waals surface area contributed by atoms with Gasteiger partial charge in [0.1, 0.15) is 5.82 Å². The lowest BCUT2D eigenvalue weighted by molar-refractivity contribution is 0.0599. The van der Waals surface area contributed by atoms with E-state index in [1.54, 1.807) is 6.20 Å². The minimum atomic E-state index is -0.345. The maximum Gasteiger partial charge on any atom is 0.339 e. The van der Waals surface area contributed by atoms with Gasteiger partial charge < -0.3 is 10.1 Å². The standard InChI is InChI=1S/C11H16N2O2/c1-4-5-12-10-6-8(2)9(7-13-10)11(14)15-3/h6-7H,4-5H2,1-3H3,(H,12,13). The molecular formula is C11H16N2O2. The van der Waals surface area contributed by atoms with Crippen molar-refractivity contribution in [2.24, 2.45) is 0 Å². The fourth-order valence-electron chi connectivity index (χ4n) is 1.23. The third-order valence-corrected chi connectivity index (χ3v) is 2.07. The van der Waals surface area contributed by atoms with Crippen LogP contribution < -0.4 is 5.32 Å². The van der Waals surface area contributed by atoms with Crippen LogP contribution in [-0.2, 0) is 4.74 Å². The van der Waals surface area contributed by atoms with Gasteiger partial charge in [-0.1, -0.05) is 6.92 Å². The summed E-state index contributed by atoms with van der Waals surface area (Å²) in [5.41, 5.74) is 1.38. The number of esters is 1. The minimum Gasteiger partial charge on any atom is -0.465 e. The van der Waals surface area contributed by atoms with Gasteiger partial charge in [0.2, 0.25) is 0 Å². The number of methoxy groups -OCH3 is 1. The predicted octanol–water partition coefficient (Wildman–Crippen LogP) is 2.00. The summed E-state index contributed by atoms with van der Waals surface area (Å²) in [6.45, 7) is 4.83. The Bertz CT molecular complexity index is 350. The molecule has 4 nitrogen and oxygen atoms in total. The van der Waals surface area contributed by atoms with Crippen molar-refractivity contribution in [2.75, 3.05) is 19.0 Å². The zero-order chi connectivity index (χ0) is 11.3. The SMILES string of the molecule is CCCNc1cc(C)c(C(=O)OC)cn1. The molecule has 0 fully saturated rings. The number of carbonyl (C=O) groups is 1. The lowest BCUT2D eigenvalue weighted by Gasteiger charge is -2.07. The molecule has 0 radical (unpaired) electrons. The number of rotatable bonds is 4. The van der Waals surface area contributed by atoms with E-state index in [0.717, 1.165) is 24.3 Å². The molecule has 82 valence electrons. The number of hydrogen-bond acceptors (Lipinski definition) is 4. The Morgan fingerprint density at radius 2 is 2.33 bits per heavy atom. The van der Waals surface area contributed by atoms with Gasteiger partial charge in [0, 0.05) is 12.7 Å². The van der Waals surface area contributed by atoms with Crippen LogP contribution in [0.1, 0.15) is 29.3 Å². The monoisotopic (exact) mass is 208 g/mol. The molecule has 0 spiro atoms. The summed E-state index contributed by atoms with van der Waals surface area (Å²) in [7, 11) is 1.37. The molecule has 4 heteroatoms. The number of anilines is 1. The second-order valence-electron chi connectivity index (χ2n) is 3.30. The van der Waals surface area contributed by atoms with Gasteiger partial charge in [-0.3, -0.25) is 0 Å². The Labute approximate surface area is 89.7 Å². The molecule has 0 atom stereocenters. The van der Waals surface area contributed by atoms with Gasteiger partial charge in [-0.25, -0.2) is 9.78 Å². The maximum atomic E-state index is 11.3. The first-order chi connectivity index (χ1) is 7.19. The first kappa shape index (κ1) is 11.5. The molecule has 0 saturated heterocycles. The van der Waals surface area contributed by atoms with Gasteiger partial charge >= 0.3 is 5.97 Å². The number of aryl methyl sites for hydroxylation is 1. The molecular weight excluding hydrogens is 192 g/mol. The smallest absolute Gasteiger partial charge is 0.339 e. The Balaban J connectivity index is 2.83. The van der Waals surface area contributed by atoms with Gasteiger partial charge in [0.15, 0.2) is 0 Å². The third kappa shape index (κ3) is 2.94. The molecule has 0 aliphatic rings. The van der Waals surface area contributed by atoms with Gasteiger partial charge in [-0.15, -0.1) is 0 Å². The van der Waals surface area contributed by atoms with Gasteiger partial charge in [-0.05, 0) is 25.0 Å². The van der Waals surface area contributed by atoms with Crippen molar-refractivity contribution in [3.8, 4) is 0 Å². The second-order valence-corrected chi connectivity index (χ2v) is 3.30. The number of aromatic nitrogens is 1. The molecule has 1 aromatic heterocycles. The highest BCUT2D eigenvalue weighted by Crippen LogP contribution is 2.12. The predicted molar refractivity (Wildman–Crippen MR) is 59.1 cm³/mol. The summed E-state index contributed by atoms with van der Waals surface area (Å²) in [6.07, 6.45) is 2.58. The van der Waals surface area contributed by atoms with Gasteiger partial charge in [0.25, 0.3) is 0 Å². The molecule has 0 aromatic carbocycles. The fourth-order valence-corrected chi connectivity index (χ4v) is 1.23. The highest BCUT2D eigenvalue weighted by Gasteiger charge is 2.09. The van der Waals surface area contributed by atoms with Crippen molar-refractivity contribution in [3.63, 3.8) is 0 Å². The van der Waals surface area contributed by atoms with E-state index in [-0.39, 0.29) is 5.97 Å². The van der Waals surface area contributed by atoms with E-state index in [9.17, 15) is 4.79 Å². The van der Waals surface area contributed by atoms with Crippen molar-refractivity contribution >= 4 is 11.8 Å². The molecule has 0 aliphatic heterocycles. The molecule has 1 rings (SSSR count). The van der Waals surface area contributed by atoms with Crippen molar-refractivity contribution in [1.82, 2.24) is 4.98 Å². The van der Waals surface area contributed by atoms with Crippen LogP contribution in [0, 0.1) is 6.92 Å². The number of hydrogen-bond donors (Lipinski definition) is 1. The van der Waals surface area contributed by atoms with Crippen molar-refractivity contribution < 1.29 is 9.53 Å². The molecule has 0 unspecified atom stereocenters. The Morgan fingerprint density at radius 1 is 1.60 bits per heavy atom. The van der Waals surface area contributed by atoms with E-state index in [4.69, 9.17) is 0 Å². The Morgan fingerprint density at radius 3 is 2.87 bits per heavy atom. The summed E-state index contributed by atoms with van der Waals surface area (Å²) in [6, 6.07) is 1.85. The van der Waals surface area contributed by atoms with E-state index in [1.165, 1.54) is 7.11 Å². The first-order valence-corrected chi connectivity index (χ1v) is 4.97. The molecule has 0 amide bonds. The number of pyridine rings is 1. The van der Waals surface area contributed by atoms with Crippen LogP contribution in [0.15, 0.2) is 12.3 Å². The average molecular weight is 208 g/mol. The van der Waals surface area contributed by atoms with Crippen molar-refractivity contribution in [1.29, 1.82) is 0 Å². The number of carbonyl (C=O) groups excluding carboxylic acids is 1. The molecule has 0 bridgehead atoms. The molecule has 1 aromatic rings. The lowest BCUT2D eigenvalue weighted by atomic mass is 10.1. The van der Waals surface area contributed by atoms with Crippen LogP contribution in [0.5, 0.6) is 0 Å². The topological polar surface area (TPSA) is 51.2 Å². The van der Waals surface area contributed by atoms with Crippen LogP contribution in [0.3, 0.4) is 0 Å². The molecule has 0 aliphatic carbocycles. The van der Waals surface area contributed by atoms with Crippen molar-refractivity contribution in [3.05, 3.63) is 23.4 Å². The van der Waals surface area contributed by atoms with E-state index >= 15 is 0 Å². The normalized spacial score (nSPS) is 9.80. The van der Waals surface area contributed by atoms with Crippen LogP contribution in [0.4, 0.5) is 5.82 Å². The Kier molecular flexibility index (Phi) is 4.09. The summed E-state index contributed by atoms with van der Waals surface area (Å²) >= 11 is 0.